The molecule has 6 nitrogen and oxygen atoms in total. The maximum absolute atomic E-state index is 11.9. The fourth-order valence-corrected chi connectivity index (χ4v) is 2.22. The SMILES string of the molecule is CCCC(CC(=O)O)NC(=O)Cn1cc(Br)ccc1=O. The maximum Gasteiger partial charge on any atom is 0.305 e. The fraction of sp³-hybridized carbons (Fsp3) is 0.462. The Kier molecular flexibility index (Phi) is 6.44. The highest BCUT2D eigenvalue weighted by molar-refractivity contribution is 9.10. The van der Waals surface area contributed by atoms with Crippen LogP contribution >= 0.6 is 15.9 Å². The van der Waals surface area contributed by atoms with Crippen LogP contribution in [0.5, 0.6) is 0 Å². The van der Waals surface area contributed by atoms with Crippen molar-refractivity contribution >= 4 is 27.8 Å². The third-order valence-corrected chi connectivity index (χ3v) is 3.15. The van der Waals surface area contributed by atoms with Gasteiger partial charge in [-0.1, -0.05) is 13.3 Å². The minimum Gasteiger partial charge on any atom is -0.481 e. The summed E-state index contributed by atoms with van der Waals surface area (Å²) >= 11 is 3.23. The first-order chi connectivity index (χ1) is 9.42. The number of amides is 1. The monoisotopic (exact) mass is 344 g/mol. The Morgan fingerprint density at radius 3 is 2.75 bits per heavy atom. The smallest absolute Gasteiger partial charge is 0.305 e. The molecular weight excluding hydrogens is 328 g/mol. The zero-order valence-corrected chi connectivity index (χ0v) is 12.7. The summed E-state index contributed by atoms with van der Waals surface area (Å²) < 4.78 is 1.96. The number of hydrogen-bond donors (Lipinski definition) is 2. The number of carboxylic acids is 1. The van der Waals surface area contributed by atoms with Gasteiger partial charge >= 0.3 is 5.97 Å². The van der Waals surface area contributed by atoms with Gasteiger partial charge in [0.2, 0.25) is 5.91 Å². The molecule has 20 heavy (non-hydrogen) atoms. The van der Waals surface area contributed by atoms with Gasteiger partial charge in [-0.2, -0.15) is 0 Å². The number of halogens is 1. The molecular formula is C13H17BrN2O4. The summed E-state index contributed by atoms with van der Waals surface area (Å²) in [5.74, 6) is -1.33. The molecule has 1 aromatic rings. The molecule has 0 radical (unpaired) electrons. The van der Waals surface area contributed by atoms with E-state index in [1.165, 1.54) is 16.8 Å². The molecule has 1 rings (SSSR count). The van der Waals surface area contributed by atoms with Gasteiger partial charge in [0.25, 0.3) is 5.56 Å². The highest BCUT2D eigenvalue weighted by Gasteiger charge is 2.15. The topological polar surface area (TPSA) is 88.4 Å². The molecule has 0 fully saturated rings. The number of carbonyl (C=O) groups is 2. The number of carboxylic acid groups (broad SMARTS) is 1. The van der Waals surface area contributed by atoms with Gasteiger partial charge in [0.15, 0.2) is 0 Å². The van der Waals surface area contributed by atoms with Crippen molar-refractivity contribution in [3.8, 4) is 0 Å². The minimum atomic E-state index is -0.955. The second-order valence-corrected chi connectivity index (χ2v) is 5.38. The largest absolute Gasteiger partial charge is 0.481 e. The number of carbonyl (C=O) groups excluding carboxylic acids is 1. The van der Waals surface area contributed by atoms with Crippen molar-refractivity contribution in [1.29, 1.82) is 0 Å². The van der Waals surface area contributed by atoms with Crippen molar-refractivity contribution in [2.45, 2.75) is 38.8 Å². The van der Waals surface area contributed by atoms with E-state index in [1.807, 2.05) is 6.92 Å². The summed E-state index contributed by atoms with van der Waals surface area (Å²) in [5.41, 5.74) is -0.284. The quantitative estimate of drug-likeness (QED) is 0.781. The lowest BCUT2D eigenvalue weighted by atomic mass is 10.1. The number of rotatable bonds is 7. The summed E-state index contributed by atoms with van der Waals surface area (Å²) in [6.45, 7) is 1.79. The van der Waals surface area contributed by atoms with Crippen molar-refractivity contribution in [2.24, 2.45) is 0 Å². The Morgan fingerprint density at radius 1 is 1.45 bits per heavy atom. The van der Waals surface area contributed by atoms with Crippen LogP contribution in [0.3, 0.4) is 0 Å². The van der Waals surface area contributed by atoms with E-state index in [0.717, 1.165) is 6.42 Å². The molecule has 0 spiro atoms. The van der Waals surface area contributed by atoms with Crippen molar-refractivity contribution in [2.75, 3.05) is 0 Å². The van der Waals surface area contributed by atoms with E-state index in [-0.39, 0.29) is 24.4 Å². The summed E-state index contributed by atoms with van der Waals surface area (Å²) in [5, 5.41) is 11.4. The van der Waals surface area contributed by atoms with Gasteiger partial charge in [0, 0.05) is 22.8 Å². The van der Waals surface area contributed by atoms with Crippen molar-refractivity contribution in [3.63, 3.8) is 0 Å². The maximum atomic E-state index is 11.9. The third-order valence-electron chi connectivity index (χ3n) is 2.68. The van der Waals surface area contributed by atoms with Crippen LogP contribution in [-0.4, -0.2) is 27.6 Å². The molecule has 1 amide bonds. The molecule has 2 N–H and O–H groups in total. The second kappa shape index (κ2) is 7.84. The number of pyridine rings is 1. The molecule has 0 saturated heterocycles. The van der Waals surface area contributed by atoms with Crippen LogP contribution in [0.15, 0.2) is 27.6 Å². The second-order valence-electron chi connectivity index (χ2n) is 4.46. The highest BCUT2D eigenvalue weighted by Crippen LogP contribution is 2.05. The Labute approximate surface area is 124 Å². The Bertz CT molecular complexity index is 541. The Balaban J connectivity index is 2.67. The standard InChI is InChI=1S/C13H17BrN2O4/c1-2-3-10(6-13(19)20)15-11(17)8-16-7-9(14)4-5-12(16)18/h4-5,7,10H,2-3,6,8H2,1H3,(H,15,17)(H,19,20). The average Bonchev–Trinajstić information content (AvgIpc) is 2.33. The molecule has 7 heteroatoms. The molecule has 1 atom stereocenters. The lowest BCUT2D eigenvalue weighted by Gasteiger charge is -2.16. The zero-order chi connectivity index (χ0) is 15.1. The van der Waals surface area contributed by atoms with Crippen LogP contribution < -0.4 is 10.9 Å². The van der Waals surface area contributed by atoms with Crippen LogP contribution in [0.2, 0.25) is 0 Å². The number of hydrogen-bond acceptors (Lipinski definition) is 3. The number of aliphatic carboxylic acids is 1. The van der Waals surface area contributed by atoms with E-state index in [9.17, 15) is 14.4 Å². The van der Waals surface area contributed by atoms with E-state index in [2.05, 4.69) is 21.2 Å². The fourth-order valence-electron chi connectivity index (χ4n) is 1.84. The minimum absolute atomic E-state index is 0.118. The molecule has 0 bridgehead atoms. The van der Waals surface area contributed by atoms with Crippen LogP contribution in [0.25, 0.3) is 0 Å². The molecule has 110 valence electrons. The van der Waals surface area contributed by atoms with Gasteiger partial charge < -0.3 is 15.0 Å². The molecule has 0 aromatic carbocycles. The third kappa shape index (κ3) is 5.56. The first-order valence-electron chi connectivity index (χ1n) is 6.29. The summed E-state index contributed by atoms with van der Waals surface area (Å²) in [4.78, 5) is 34.1. The predicted molar refractivity (Wildman–Crippen MR) is 77.5 cm³/mol. The summed E-state index contributed by atoms with van der Waals surface area (Å²) in [7, 11) is 0. The summed E-state index contributed by atoms with van der Waals surface area (Å²) in [6, 6.07) is 2.55. The lowest BCUT2D eigenvalue weighted by molar-refractivity contribution is -0.137. The van der Waals surface area contributed by atoms with Gasteiger partial charge in [-0.15, -0.1) is 0 Å². The van der Waals surface area contributed by atoms with Crippen molar-refractivity contribution < 1.29 is 14.7 Å². The molecule has 0 aliphatic carbocycles. The van der Waals surface area contributed by atoms with Gasteiger partial charge in [0.1, 0.15) is 6.54 Å². The van der Waals surface area contributed by atoms with Gasteiger partial charge in [-0.3, -0.25) is 14.4 Å². The predicted octanol–water partition coefficient (Wildman–Crippen LogP) is 1.37. The van der Waals surface area contributed by atoms with Crippen LogP contribution in [0, 0.1) is 0 Å². The Morgan fingerprint density at radius 2 is 2.15 bits per heavy atom. The highest BCUT2D eigenvalue weighted by atomic mass is 79.9. The average molecular weight is 345 g/mol. The van der Waals surface area contributed by atoms with Gasteiger partial charge in [-0.25, -0.2) is 0 Å². The molecule has 1 heterocycles. The normalized spacial score (nSPS) is 11.9. The van der Waals surface area contributed by atoms with Crippen LogP contribution in [0.1, 0.15) is 26.2 Å². The lowest BCUT2D eigenvalue weighted by Crippen LogP contribution is -2.39. The number of nitrogens with one attached hydrogen (secondary N) is 1. The Hall–Kier alpha value is -1.63. The van der Waals surface area contributed by atoms with E-state index < -0.39 is 12.0 Å². The molecule has 1 unspecified atom stereocenters. The molecule has 0 aliphatic heterocycles. The van der Waals surface area contributed by atoms with E-state index in [0.29, 0.717) is 10.9 Å². The molecule has 1 aromatic heterocycles. The van der Waals surface area contributed by atoms with Gasteiger partial charge in [0.05, 0.1) is 6.42 Å². The molecule has 0 aliphatic rings. The van der Waals surface area contributed by atoms with Crippen LogP contribution in [0.4, 0.5) is 0 Å². The van der Waals surface area contributed by atoms with Gasteiger partial charge in [-0.05, 0) is 28.4 Å². The first-order valence-corrected chi connectivity index (χ1v) is 7.08. The van der Waals surface area contributed by atoms with E-state index in [4.69, 9.17) is 5.11 Å². The first kappa shape index (κ1) is 16.4. The summed E-state index contributed by atoms with van der Waals surface area (Å²) in [6.07, 6.45) is 2.77. The number of nitrogens with zero attached hydrogens (tertiary/aromatic N) is 1. The van der Waals surface area contributed by atoms with E-state index >= 15 is 0 Å². The van der Waals surface area contributed by atoms with Crippen molar-refractivity contribution in [3.05, 3.63) is 33.2 Å². The van der Waals surface area contributed by atoms with E-state index in [1.54, 1.807) is 6.07 Å². The van der Waals surface area contributed by atoms with Crippen LogP contribution in [-0.2, 0) is 16.1 Å². The number of aromatic nitrogens is 1. The molecule has 0 saturated carbocycles. The van der Waals surface area contributed by atoms with Crippen molar-refractivity contribution in [1.82, 2.24) is 9.88 Å². The zero-order valence-electron chi connectivity index (χ0n) is 11.1.